The molecule has 0 bridgehead atoms. The lowest BCUT2D eigenvalue weighted by Crippen LogP contribution is -2.16. The molecule has 2 aromatic carbocycles. The maximum atomic E-state index is 13.9. The zero-order valence-corrected chi connectivity index (χ0v) is 19.1. The van der Waals surface area contributed by atoms with Crippen molar-refractivity contribution in [2.75, 3.05) is 11.1 Å². The summed E-state index contributed by atoms with van der Waals surface area (Å²) in [5, 5.41) is 3.83. The number of aromatic nitrogens is 3. The Morgan fingerprint density at radius 3 is 2.72 bits per heavy atom. The number of carbonyl (C=O) groups excluding carboxylic acids is 1. The van der Waals surface area contributed by atoms with Crippen molar-refractivity contribution in [3.05, 3.63) is 81.5 Å². The maximum Gasteiger partial charge on any atom is 0.252 e. The van der Waals surface area contributed by atoms with Crippen molar-refractivity contribution < 1.29 is 9.18 Å². The van der Waals surface area contributed by atoms with Crippen LogP contribution >= 0.6 is 34.7 Å². The average Bonchev–Trinajstić information content (AvgIpc) is 3.16. The van der Waals surface area contributed by atoms with E-state index in [0.29, 0.717) is 5.69 Å². The summed E-state index contributed by atoms with van der Waals surface area (Å²) in [5.74, 6) is -1.13. The predicted octanol–water partition coefficient (Wildman–Crippen LogP) is 5.39. The number of H-pyrrole nitrogens is 1. The van der Waals surface area contributed by atoms with Crippen LogP contribution in [0.4, 0.5) is 10.1 Å². The number of benzene rings is 2. The van der Waals surface area contributed by atoms with Crippen LogP contribution in [0.3, 0.4) is 0 Å². The Morgan fingerprint density at radius 1 is 1.19 bits per heavy atom. The Bertz CT molecular complexity index is 1340. The molecular weight excluding hydrogens is 471 g/mol. The number of anilines is 1. The van der Waals surface area contributed by atoms with Crippen LogP contribution in [-0.2, 0) is 4.79 Å². The summed E-state index contributed by atoms with van der Waals surface area (Å²) in [6, 6.07) is 15.1. The van der Waals surface area contributed by atoms with E-state index in [-0.39, 0.29) is 27.2 Å². The van der Waals surface area contributed by atoms with Gasteiger partial charge in [-0.15, -0.1) is 11.3 Å². The standard InChI is InChI=1S/C22H16ClFN4O2S2/c1-12-20(32-21(25-12)13-5-3-2-4-6-13)17-10-18(29)28-22(27-17)31-11-19(30)26-16-8-7-14(23)9-15(16)24/h2-10H,11H2,1H3,(H,26,30)(H,27,28,29). The fourth-order valence-electron chi connectivity index (χ4n) is 2.87. The summed E-state index contributed by atoms with van der Waals surface area (Å²) >= 11 is 8.21. The minimum Gasteiger partial charge on any atom is -0.323 e. The Morgan fingerprint density at radius 2 is 1.97 bits per heavy atom. The molecule has 0 saturated carbocycles. The summed E-state index contributed by atoms with van der Waals surface area (Å²) in [4.78, 5) is 36.9. The molecule has 2 aromatic heterocycles. The first-order valence-corrected chi connectivity index (χ1v) is 11.6. The zero-order chi connectivity index (χ0) is 22.7. The summed E-state index contributed by atoms with van der Waals surface area (Å²) in [5.41, 5.74) is 1.92. The van der Waals surface area contributed by atoms with Gasteiger partial charge in [0.25, 0.3) is 5.56 Å². The van der Waals surface area contributed by atoms with E-state index in [4.69, 9.17) is 11.6 Å². The molecule has 0 fully saturated rings. The molecule has 2 N–H and O–H groups in total. The molecule has 0 aliphatic heterocycles. The summed E-state index contributed by atoms with van der Waals surface area (Å²) in [6.45, 7) is 1.86. The van der Waals surface area contributed by atoms with Gasteiger partial charge in [-0.25, -0.2) is 14.4 Å². The minimum atomic E-state index is -0.626. The lowest BCUT2D eigenvalue weighted by atomic mass is 10.2. The van der Waals surface area contributed by atoms with Gasteiger partial charge in [0.05, 0.1) is 27.7 Å². The molecule has 0 saturated heterocycles. The number of aromatic amines is 1. The highest BCUT2D eigenvalue weighted by atomic mass is 35.5. The number of amides is 1. The third kappa shape index (κ3) is 5.24. The monoisotopic (exact) mass is 486 g/mol. The highest BCUT2D eigenvalue weighted by Crippen LogP contribution is 2.34. The van der Waals surface area contributed by atoms with Gasteiger partial charge in [0.15, 0.2) is 5.16 Å². The lowest BCUT2D eigenvalue weighted by Gasteiger charge is -2.07. The van der Waals surface area contributed by atoms with Gasteiger partial charge in [-0.1, -0.05) is 53.7 Å². The largest absolute Gasteiger partial charge is 0.323 e. The Hall–Kier alpha value is -3.01. The summed E-state index contributed by atoms with van der Waals surface area (Å²) in [6.07, 6.45) is 0. The second kappa shape index (κ2) is 9.64. The number of halogens is 2. The van der Waals surface area contributed by atoms with Crippen LogP contribution in [0.1, 0.15) is 5.69 Å². The van der Waals surface area contributed by atoms with Crippen LogP contribution in [0.25, 0.3) is 21.1 Å². The van der Waals surface area contributed by atoms with Crippen LogP contribution in [0.2, 0.25) is 5.02 Å². The number of nitrogens with zero attached hydrogens (tertiary/aromatic N) is 2. The molecule has 0 spiro atoms. The molecule has 1 amide bonds. The van der Waals surface area contributed by atoms with Crippen molar-refractivity contribution in [3.8, 4) is 21.1 Å². The Kier molecular flexibility index (Phi) is 6.69. The molecule has 10 heteroatoms. The van der Waals surface area contributed by atoms with Crippen LogP contribution in [0.5, 0.6) is 0 Å². The van der Waals surface area contributed by atoms with E-state index in [2.05, 4.69) is 20.3 Å². The number of hydrogen-bond acceptors (Lipinski definition) is 6. The SMILES string of the molecule is Cc1nc(-c2ccccc2)sc1-c1cc(=O)[nH]c(SCC(=O)Nc2ccc(Cl)cc2F)n1. The van der Waals surface area contributed by atoms with Gasteiger partial charge in [-0.05, 0) is 25.1 Å². The van der Waals surface area contributed by atoms with Crippen molar-refractivity contribution >= 4 is 46.3 Å². The van der Waals surface area contributed by atoms with Gasteiger partial charge >= 0.3 is 0 Å². The van der Waals surface area contributed by atoms with E-state index in [1.807, 2.05) is 37.3 Å². The Labute approximate surface area is 195 Å². The van der Waals surface area contributed by atoms with E-state index >= 15 is 0 Å². The molecule has 4 aromatic rings. The fourth-order valence-corrected chi connectivity index (χ4v) is 4.74. The number of rotatable bonds is 6. The summed E-state index contributed by atoms with van der Waals surface area (Å²) in [7, 11) is 0. The van der Waals surface area contributed by atoms with Crippen LogP contribution in [0, 0.1) is 12.7 Å². The number of nitrogens with one attached hydrogen (secondary N) is 2. The molecule has 0 unspecified atom stereocenters. The molecule has 2 heterocycles. The number of aryl methyl sites for hydroxylation is 1. The fraction of sp³-hybridized carbons (Fsp3) is 0.0909. The van der Waals surface area contributed by atoms with Crippen molar-refractivity contribution in [2.45, 2.75) is 12.1 Å². The smallest absolute Gasteiger partial charge is 0.252 e. The number of thioether (sulfide) groups is 1. The average molecular weight is 487 g/mol. The van der Waals surface area contributed by atoms with Crippen molar-refractivity contribution in [1.29, 1.82) is 0 Å². The number of hydrogen-bond donors (Lipinski definition) is 2. The van der Waals surface area contributed by atoms with Gasteiger partial charge in [0.2, 0.25) is 5.91 Å². The maximum absolute atomic E-state index is 13.9. The molecule has 6 nitrogen and oxygen atoms in total. The third-order valence-electron chi connectivity index (χ3n) is 4.32. The van der Waals surface area contributed by atoms with Gasteiger partial charge in [-0.3, -0.25) is 9.59 Å². The van der Waals surface area contributed by atoms with E-state index in [9.17, 15) is 14.0 Å². The second-order valence-corrected chi connectivity index (χ2v) is 9.10. The lowest BCUT2D eigenvalue weighted by molar-refractivity contribution is -0.113. The molecule has 0 aliphatic carbocycles. The number of thiazole rings is 1. The van der Waals surface area contributed by atoms with Crippen molar-refractivity contribution in [1.82, 2.24) is 15.0 Å². The van der Waals surface area contributed by atoms with E-state index in [1.54, 1.807) is 0 Å². The highest BCUT2D eigenvalue weighted by molar-refractivity contribution is 7.99. The van der Waals surface area contributed by atoms with Crippen molar-refractivity contribution in [3.63, 3.8) is 0 Å². The Balaban J connectivity index is 1.50. The van der Waals surface area contributed by atoms with E-state index < -0.39 is 11.7 Å². The molecule has 0 aliphatic rings. The van der Waals surface area contributed by atoms with E-state index in [1.165, 1.54) is 29.5 Å². The van der Waals surface area contributed by atoms with Gasteiger partial charge in [-0.2, -0.15) is 0 Å². The van der Waals surface area contributed by atoms with Crippen LogP contribution < -0.4 is 10.9 Å². The van der Waals surface area contributed by atoms with Crippen LogP contribution in [-0.4, -0.2) is 26.6 Å². The first kappa shape index (κ1) is 22.2. The zero-order valence-electron chi connectivity index (χ0n) is 16.7. The van der Waals surface area contributed by atoms with Gasteiger partial charge in [0.1, 0.15) is 10.8 Å². The van der Waals surface area contributed by atoms with E-state index in [0.717, 1.165) is 39.0 Å². The quantitative estimate of drug-likeness (QED) is 0.282. The molecule has 0 radical (unpaired) electrons. The normalized spacial score (nSPS) is 10.8. The topological polar surface area (TPSA) is 87.7 Å². The molecular formula is C22H16ClFN4O2S2. The van der Waals surface area contributed by atoms with Gasteiger partial charge < -0.3 is 10.3 Å². The minimum absolute atomic E-state index is 0.0314. The number of carbonyl (C=O) groups is 1. The molecule has 0 atom stereocenters. The first-order chi connectivity index (χ1) is 15.4. The molecule has 32 heavy (non-hydrogen) atoms. The first-order valence-electron chi connectivity index (χ1n) is 9.41. The second-order valence-electron chi connectivity index (χ2n) is 6.70. The van der Waals surface area contributed by atoms with Crippen molar-refractivity contribution in [2.24, 2.45) is 0 Å². The molecule has 162 valence electrons. The predicted molar refractivity (Wildman–Crippen MR) is 127 cm³/mol. The summed E-state index contributed by atoms with van der Waals surface area (Å²) < 4.78 is 13.9. The highest BCUT2D eigenvalue weighted by Gasteiger charge is 2.15. The third-order valence-corrected chi connectivity index (χ3v) is 6.65. The molecule has 4 rings (SSSR count). The van der Waals surface area contributed by atoms with Crippen LogP contribution in [0.15, 0.2) is 64.5 Å². The van der Waals surface area contributed by atoms with Gasteiger partial charge in [0, 0.05) is 16.7 Å².